The Hall–Kier alpha value is -1.98. The summed E-state index contributed by atoms with van der Waals surface area (Å²) in [5.74, 6) is 0.389. The van der Waals surface area contributed by atoms with Crippen LogP contribution in [-0.4, -0.2) is 42.9 Å². The van der Waals surface area contributed by atoms with E-state index in [4.69, 9.17) is 4.74 Å². The quantitative estimate of drug-likeness (QED) is 0.596. The number of ketones is 1. The van der Waals surface area contributed by atoms with E-state index in [1.54, 1.807) is 0 Å². The van der Waals surface area contributed by atoms with E-state index in [0.29, 0.717) is 39.1 Å². The number of benzene rings is 2. The molecule has 2 aromatic carbocycles. The molecule has 0 bridgehead atoms. The summed E-state index contributed by atoms with van der Waals surface area (Å²) in [6, 6.07) is 15.9. The van der Waals surface area contributed by atoms with Gasteiger partial charge in [0.1, 0.15) is 0 Å². The first-order valence-corrected chi connectivity index (χ1v) is 11.5. The van der Waals surface area contributed by atoms with Crippen LogP contribution in [0, 0.1) is 12.8 Å². The molecule has 2 aromatic rings. The smallest absolute Gasteiger partial charge is 0.233 e. The molecule has 2 fully saturated rings. The van der Waals surface area contributed by atoms with Gasteiger partial charge in [-0.25, -0.2) is 0 Å². The van der Waals surface area contributed by atoms with Crippen LogP contribution in [0.15, 0.2) is 53.0 Å². The minimum atomic E-state index is -0.521. The lowest BCUT2D eigenvalue weighted by Crippen LogP contribution is -2.52. The summed E-state index contributed by atoms with van der Waals surface area (Å²) in [5, 5.41) is 0. The van der Waals surface area contributed by atoms with Gasteiger partial charge in [-0.1, -0.05) is 57.9 Å². The Morgan fingerprint density at radius 2 is 1.57 bits per heavy atom. The third-order valence-corrected chi connectivity index (χ3v) is 7.17. The third-order valence-electron chi connectivity index (χ3n) is 6.64. The van der Waals surface area contributed by atoms with E-state index < -0.39 is 5.41 Å². The van der Waals surface area contributed by atoms with E-state index in [-0.39, 0.29) is 17.6 Å². The van der Waals surface area contributed by atoms with Crippen molar-refractivity contribution in [2.75, 3.05) is 26.3 Å². The largest absolute Gasteiger partial charge is 0.381 e. The van der Waals surface area contributed by atoms with Gasteiger partial charge < -0.3 is 9.64 Å². The topological polar surface area (TPSA) is 46.6 Å². The van der Waals surface area contributed by atoms with Crippen LogP contribution in [0.1, 0.15) is 47.2 Å². The lowest BCUT2D eigenvalue weighted by Gasteiger charge is -2.42. The number of hydrogen-bond acceptors (Lipinski definition) is 3. The van der Waals surface area contributed by atoms with Gasteiger partial charge in [-0.2, -0.15) is 0 Å². The van der Waals surface area contributed by atoms with Crippen molar-refractivity contribution in [2.45, 2.75) is 38.0 Å². The molecule has 4 rings (SSSR count). The summed E-state index contributed by atoms with van der Waals surface area (Å²) in [5.41, 5.74) is 2.48. The molecule has 2 aliphatic rings. The number of rotatable bonds is 4. The maximum Gasteiger partial charge on any atom is 0.233 e. The summed E-state index contributed by atoms with van der Waals surface area (Å²) in [7, 11) is 0. The van der Waals surface area contributed by atoms with Crippen molar-refractivity contribution in [1.82, 2.24) is 4.90 Å². The lowest BCUT2D eigenvalue weighted by atomic mass is 9.72. The van der Waals surface area contributed by atoms with Crippen LogP contribution in [0.3, 0.4) is 0 Å². The highest BCUT2D eigenvalue weighted by atomic mass is 79.9. The Bertz CT molecular complexity index is 893. The number of halogens is 1. The second kappa shape index (κ2) is 9.03. The Morgan fingerprint density at radius 3 is 2.17 bits per heavy atom. The van der Waals surface area contributed by atoms with Gasteiger partial charge in [0.2, 0.25) is 5.91 Å². The highest BCUT2D eigenvalue weighted by molar-refractivity contribution is 9.10. The predicted octanol–water partition coefficient (Wildman–Crippen LogP) is 4.93. The van der Waals surface area contributed by atoms with E-state index in [2.05, 4.69) is 28.1 Å². The molecule has 0 N–H and O–H groups in total. The average molecular weight is 470 g/mol. The Morgan fingerprint density at radius 1 is 0.967 bits per heavy atom. The fraction of sp³-hybridized carbons (Fsp3) is 0.440. The van der Waals surface area contributed by atoms with E-state index in [0.717, 1.165) is 34.0 Å². The van der Waals surface area contributed by atoms with Crippen molar-refractivity contribution in [3.8, 4) is 0 Å². The van der Waals surface area contributed by atoms with Gasteiger partial charge in [0.05, 0.1) is 5.41 Å². The summed E-state index contributed by atoms with van der Waals surface area (Å²) in [4.78, 5) is 28.6. The first-order valence-electron chi connectivity index (χ1n) is 10.7. The molecule has 0 aliphatic carbocycles. The molecule has 0 atom stereocenters. The van der Waals surface area contributed by atoms with Gasteiger partial charge in [-0.3, -0.25) is 9.59 Å². The molecule has 2 saturated heterocycles. The number of carbonyl (C=O) groups excluding carboxylic acids is 2. The molecule has 30 heavy (non-hydrogen) atoms. The summed E-state index contributed by atoms with van der Waals surface area (Å²) >= 11 is 3.49. The molecule has 158 valence electrons. The summed E-state index contributed by atoms with van der Waals surface area (Å²) in [6.45, 7) is 4.50. The van der Waals surface area contributed by atoms with Crippen LogP contribution < -0.4 is 0 Å². The number of carbonyl (C=O) groups is 2. The second-order valence-electron chi connectivity index (χ2n) is 8.50. The molecule has 0 radical (unpaired) electrons. The molecular formula is C25H28BrNO3. The molecule has 5 heteroatoms. The van der Waals surface area contributed by atoms with Gasteiger partial charge in [-0.05, 0) is 50.3 Å². The van der Waals surface area contributed by atoms with Crippen molar-refractivity contribution in [3.63, 3.8) is 0 Å². The van der Waals surface area contributed by atoms with Gasteiger partial charge in [0.25, 0.3) is 0 Å². The number of ether oxygens (including phenoxy) is 1. The molecule has 4 nitrogen and oxygen atoms in total. The van der Waals surface area contributed by atoms with Crippen molar-refractivity contribution in [1.29, 1.82) is 0 Å². The number of aryl methyl sites for hydroxylation is 1. The van der Waals surface area contributed by atoms with Gasteiger partial charge in [0.15, 0.2) is 5.78 Å². The zero-order valence-electron chi connectivity index (χ0n) is 17.4. The van der Waals surface area contributed by atoms with E-state index in [1.165, 1.54) is 0 Å². The fourth-order valence-corrected chi connectivity index (χ4v) is 4.98. The molecule has 2 aliphatic heterocycles. The summed E-state index contributed by atoms with van der Waals surface area (Å²) < 4.78 is 6.60. The Kier molecular flexibility index (Phi) is 6.40. The minimum Gasteiger partial charge on any atom is -0.381 e. The molecule has 0 saturated carbocycles. The van der Waals surface area contributed by atoms with Crippen LogP contribution in [0.25, 0.3) is 0 Å². The van der Waals surface area contributed by atoms with Crippen molar-refractivity contribution >= 4 is 27.6 Å². The van der Waals surface area contributed by atoms with Crippen LogP contribution >= 0.6 is 15.9 Å². The number of piperidine rings is 1. The molecule has 2 heterocycles. The first kappa shape index (κ1) is 21.3. The monoisotopic (exact) mass is 469 g/mol. The van der Waals surface area contributed by atoms with Crippen LogP contribution in [-0.2, 0) is 14.9 Å². The summed E-state index contributed by atoms with van der Waals surface area (Å²) in [6.07, 6.45) is 2.86. The van der Waals surface area contributed by atoms with Crippen LogP contribution in [0.5, 0.6) is 0 Å². The first-order chi connectivity index (χ1) is 14.5. The van der Waals surface area contributed by atoms with E-state index in [9.17, 15) is 9.59 Å². The number of nitrogens with zero attached hydrogens (tertiary/aromatic N) is 1. The molecular weight excluding hydrogens is 442 g/mol. The lowest BCUT2D eigenvalue weighted by molar-refractivity contribution is -0.142. The van der Waals surface area contributed by atoms with Crippen LogP contribution in [0.4, 0.5) is 0 Å². The second-order valence-corrected chi connectivity index (χ2v) is 9.41. The third kappa shape index (κ3) is 4.23. The Balaban J connectivity index is 1.47. The zero-order valence-corrected chi connectivity index (χ0v) is 19.0. The van der Waals surface area contributed by atoms with Crippen LogP contribution in [0.2, 0.25) is 0 Å². The van der Waals surface area contributed by atoms with E-state index >= 15 is 0 Å². The SMILES string of the molecule is Cc1ccc(C(=O)C2CCN(C(=O)C3(c4ccc(Br)cc4)CCOCC3)CC2)cc1. The van der Waals surface area contributed by atoms with Crippen molar-refractivity contribution < 1.29 is 14.3 Å². The zero-order chi connectivity index (χ0) is 21.1. The maximum atomic E-state index is 13.7. The van der Waals surface area contributed by atoms with E-state index in [1.807, 2.05) is 48.2 Å². The normalized spacial score (nSPS) is 19.5. The maximum absolute atomic E-state index is 13.7. The fourth-order valence-electron chi connectivity index (χ4n) is 4.72. The minimum absolute atomic E-state index is 0.00456. The standard InChI is InChI=1S/C25H28BrNO3/c1-18-2-4-19(5-3-18)23(28)20-10-14-27(15-11-20)24(29)25(12-16-30-17-13-25)21-6-8-22(26)9-7-21/h2-9,20H,10-17H2,1H3. The van der Waals surface area contributed by atoms with Gasteiger partial charge in [-0.15, -0.1) is 0 Å². The molecule has 0 aromatic heterocycles. The van der Waals surface area contributed by atoms with Gasteiger partial charge >= 0.3 is 0 Å². The molecule has 0 spiro atoms. The number of amides is 1. The number of Topliss-reactive ketones (excluding diaryl/α,β-unsaturated/α-hetero) is 1. The highest BCUT2D eigenvalue weighted by Gasteiger charge is 2.45. The molecule has 1 amide bonds. The Labute approximate surface area is 186 Å². The van der Waals surface area contributed by atoms with Crippen molar-refractivity contribution in [2.24, 2.45) is 5.92 Å². The molecule has 0 unspecified atom stereocenters. The predicted molar refractivity (Wildman–Crippen MR) is 121 cm³/mol. The number of hydrogen-bond donors (Lipinski definition) is 0. The van der Waals surface area contributed by atoms with Gasteiger partial charge in [0, 0.05) is 42.3 Å². The average Bonchev–Trinajstić information content (AvgIpc) is 2.79. The van der Waals surface area contributed by atoms with Crippen molar-refractivity contribution in [3.05, 3.63) is 69.7 Å². The highest BCUT2D eigenvalue weighted by Crippen LogP contribution is 2.38. The number of likely N-dealkylation sites (tertiary alicyclic amines) is 1.